The average Bonchev–Trinajstić information content (AvgIpc) is 3.24. The van der Waals surface area contributed by atoms with Crippen molar-refractivity contribution in [2.45, 2.75) is 38.8 Å². The SMILES string of the molecule is CC(C)(C)OC(=O)[C@H](Cc1ccc2c(c1)OCO2)N=C(c1ccccc1)c1ccccc1. The molecule has 1 aliphatic heterocycles. The molecule has 32 heavy (non-hydrogen) atoms. The van der Waals surface area contributed by atoms with Crippen LogP contribution in [0.2, 0.25) is 0 Å². The minimum atomic E-state index is -0.718. The Morgan fingerprint density at radius 1 is 0.906 bits per heavy atom. The second kappa shape index (κ2) is 9.27. The first-order chi connectivity index (χ1) is 15.4. The lowest BCUT2D eigenvalue weighted by Crippen LogP contribution is -2.33. The minimum Gasteiger partial charge on any atom is -0.458 e. The first-order valence-electron chi connectivity index (χ1n) is 10.7. The van der Waals surface area contributed by atoms with Crippen molar-refractivity contribution >= 4 is 11.7 Å². The number of rotatable bonds is 6. The van der Waals surface area contributed by atoms with Crippen molar-refractivity contribution < 1.29 is 19.0 Å². The number of hydrogen-bond donors (Lipinski definition) is 0. The molecule has 1 heterocycles. The van der Waals surface area contributed by atoms with E-state index in [0.29, 0.717) is 17.9 Å². The van der Waals surface area contributed by atoms with Gasteiger partial charge in [0.05, 0.1) is 5.71 Å². The molecule has 0 radical (unpaired) electrons. The van der Waals surface area contributed by atoms with Crippen LogP contribution in [-0.4, -0.2) is 30.1 Å². The molecule has 5 nitrogen and oxygen atoms in total. The Morgan fingerprint density at radius 2 is 1.50 bits per heavy atom. The highest BCUT2D eigenvalue weighted by molar-refractivity contribution is 6.13. The largest absolute Gasteiger partial charge is 0.458 e. The molecule has 1 aliphatic rings. The van der Waals surface area contributed by atoms with E-state index in [-0.39, 0.29) is 12.8 Å². The number of aliphatic imine (C=N–C) groups is 1. The monoisotopic (exact) mass is 429 g/mol. The minimum absolute atomic E-state index is 0.207. The third-order valence-electron chi connectivity index (χ3n) is 4.92. The molecule has 4 rings (SSSR count). The number of esters is 1. The molecule has 1 atom stereocenters. The van der Waals surface area contributed by atoms with Crippen molar-refractivity contribution in [2.24, 2.45) is 4.99 Å². The number of benzene rings is 3. The van der Waals surface area contributed by atoms with Crippen LogP contribution in [0.1, 0.15) is 37.5 Å². The van der Waals surface area contributed by atoms with Crippen LogP contribution >= 0.6 is 0 Å². The third-order valence-corrected chi connectivity index (χ3v) is 4.92. The molecule has 0 saturated heterocycles. The second-order valence-electron chi connectivity index (χ2n) is 8.65. The lowest BCUT2D eigenvalue weighted by Gasteiger charge is -2.23. The summed E-state index contributed by atoms with van der Waals surface area (Å²) < 4.78 is 16.7. The average molecular weight is 430 g/mol. The molecule has 164 valence electrons. The lowest BCUT2D eigenvalue weighted by atomic mass is 10.0. The third kappa shape index (κ3) is 5.35. The quantitative estimate of drug-likeness (QED) is 0.399. The van der Waals surface area contributed by atoms with Gasteiger partial charge in [-0.3, -0.25) is 4.99 Å². The number of nitrogens with zero attached hydrogens (tertiary/aromatic N) is 1. The molecule has 3 aromatic carbocycles. The summed E-state index contributed by atoms with van der Waals surface area (Å²) >= 11 is 0. The van der Waals surface area contributed by atoms with E-state index in [1.165, 1.54) is 0 Å². The summed E-state index contributed by atoms with van der Waals surface area (Å²) in [5.74, 6) is 1.03. The normalized spacial score (nSPS) is 13.3. The van der Waals surface area contributed by atoms with Gasteiger partial charge >= 0.3 is 5.97 Å². The van der Waals surface area contributed by atoms with Gasteiger partial charge in [0.1, 0.15) is 5.60 Å². The van der Waals surface area contributed by atoms with Crippen LogP contribution in [0, 0.1) is 0 Å². The van der Waals surface area contributed by atoms with Crippen LogP contribution in [0.15, 0.2) is 83.9 Å². The molecular weight excluding hydrogens is 402 g/mol. The first-order valence-corrected chi connectivity index (χ1v) is 10.7. The van der Waals surface area contributed by atoms with Gasteiger partial charge in [0.25, 0.3) is 0 Å². The number of hydrogen-bond acceptors (Lipinski definition) is 5. The first kappa shape index (κ1) is 21.6. The van der Waals surface area contributed by atoms with E-state index >= 15 is 0 Å². The van der Waals surface area contributed by atoms with Crippen molar-refractivity contribution in [1.82, 2.24) is 0 Å². The molecule has 0 unspecified atom stereocenters. The fourth-order valence-corrected chi connectivity index (χ4v) is 3.51. The van der Waals surface area contributed by atoms with Crippen molar-refractivity contribution in [3.8, 4) is 11.5 Å². The summed E-state index contributed by atoms with van der Waals surface area (Å²) in [6.45, 7) is 5.79. The number of carbonyl (C=O) groups is 1. The van der Waals surface area contributed by atoms with E-state index in [9.17, 15) is 4.79 Å². The number of carbonyl (C=O) groups excluding carboxylic acids is 1. The van der Waals surface area contributed by atoms with Gasteiger partial charge in [0.2, 0.25) is 6.79 Å². The highest BCUT2D eigenvalue weighted by Crippen LogP contribution is 2.33. The van der Waals surface area contributed by atoms with Crippen LogP contribution in [0.4, 0.5) is 0 Å². The van der Waals surface area contributed by atoms with Crippen LogP contribution in [0.25, 0.3) is 0 Å². The number of ether oxygens (including phenoxy) is 3. The molecule has 0 aromatic heterocycles. The van der Waals surface area contributed by atoms with Gasteiger partial charge in [-0.1, -0.05) is 66.7 Å². The smallest absolute Gasteiger partial charge is 0.331 e. The summed E-state index contributed by atoms with van der Waals surface area (Å²) in [4.78, 5) is 18.2. The second-order valence-corrected chi connectivity index (χ2v) is 8.65. The Hall–Kier alpha value is -3.60. The maximum absolute atomic E-state index is 13.2. The highest BCUT2D eigenvalue weighted by Gasteiger charge is 2.27. The van der Waals surface area contributed by atoms with Crippen molar-refractivity contribution in [1.29, 1.82) is 0 Å². The van der Waals surface area contributed by atoms with Gasteiger partial charge < -0.3 is 14.2 Å². The van der Waals surface area contributed by atoms with Crippen LogP contribution in [-0.2, 0) is 16.0 Å². The van der Waals surface area contributed by atoms with E-state index < -0.39 is 11.6 Å². The van der Waals surface area contributed by atoms with Crippen molar-refractivity contribution in [2.75, 3.05) is 6.79 Å². The summed E-state index contributed by atoms with van der Waals surface area (Å²) in [6.07, 6.45) is 0.384. The molecule has 0 aliphatic carbocycles. The molecule has 0 bridgehead atoms. The lowest BCUT2D eigenvalue weighted by molar-refractivity contribution is -0.156. The van der Waals surface area contributed by atoms with Gasteiger partial charge in [-0.05, 0) is 38.5 Å². The summed E-state index contributed by atoms with van der Waals surface area (Å²) in [5, 5.41) is 0. The Kier molecular flexibility index (Phi) is 6.26. The van der Waals surface area contributed by atoms with E-state index in [0.717, 1.165) is 22.4 Å². The molecule has 0 amide bonds. The van der Waals surface area contributed by atoms with Crippen molar-refractivity contribution in [3.05, 3.63) is 95.6 Å². The van der Waals surface area contributed by atoms with Crippen LogP contribution in [0.3, 0.4) is 0 Å². The highest BCUT2D eigenvalue weighted by atomic mass is 16.7. The molecule has 0 fully saturated rings. The Bertz CT molecular complexity index is 1060. The van der Waals surface area contributed by atoms with Crippen LogP contribution < -0.4 is 9.47 Å². The van der Waals surface area contributed by atoms with Gasteiger partial charge in [0, 0.05) is 17.5 Å². The van der Waals surface area contributed by atoms with E-state index in [4.69, 9.17) is 19.2 Å². The molecule has 0 spiro atoms. The molecule has 0 N–H and O–H groups in total. The zero-order valence-corrected chi connectivity index (χ0v) is 18.6. The molecular formula is C27H27NO4. The van der Waals surface area contributed by atoms with Gasteiger partial charge in [-0.15, -0.1) is 0 Å². The predicted octanol–water partition coefficient (Wildman–Crippen LogP) is 5.21. The molecule has 3 aromatic rings. The van der Waals surface area contributed by atoms with Gasteiger partial charge in [-0.25, -0.2) is 4.79 Å². The summed E-state index contributed by atoms with van der Waals surface area (Å²) in [6, 6.07) is 24.8. The van der Waals surface area contributed by atoms with Gasteiger partial charge in [-0.2, -0.15) is 0 Å². The zero-order valence-electron chi connectivity index (χ0n) is 18.6. The van der Waals surface area contributed by atoms with Gasteiger partial charge in [0.15, 0.2) is 17.5 Å². The fraction of sp³-hybridized carbons (Fsp3) is 0.259. The fourth-order valence-electron chi connectivity index (χ4n) is 3.51. The Balaban J connectivity index is 1.74. The standard InChI is InChI=1S/C27H27NO4/c1-27(2,3)32-26(29)22(16-19-14-15-23-24(17-19)31-18-30-23)28-25(20-10-6-4-7-11-20)21-12-8-5-9-13-21/h4-15,17,22H,16,18H2,1-3H3/t22-/m0/s1. The Morgan fingerprint density at radius 3 is 2.09 bits per heavy atom. The predicted molar refractivity (Wildman–Crippen MR) is 124 cm³/mol. The zero-order chi connectivity index (χ0) is 22.6. The Labute approximate surface area is 188 Å². The van der Waals surface area contributed by atoms with E-state index in [1.807, 2.05) is 99.6 Å². The summed E-state index contributed by atoms with van der Waals surface area (Å²) in [5.41, 5.74) is 2.95. The van der Waals surface area contributed by atoms with E-state index in [1.54, 1.807) is 0 Å². The number of fused-ring (bicyclic) bond motifs is 1. The summed E-state index contributed by atoms with van der Waals surface area (Å²) in [7, 11) is 0. The maximum Gasteiger partial charge on any atom is 0.331 e. The van der Waals surface area contributed by atoms with Crippen molar-refractivity contribution in [3.63, 3.8) is 0 Å². The molecule has 5 heteroatoms. The topological polar surface area (TPSA) is 57.1 Å². The maximum atomic E-state index is 13.2. The molecule has 0 saturated carbocycles. The van der Waals surface area contributed by atoms with Crippen LogP contribution in [0.5, 0.6) is 11.5 Å². The van der Waals surface area contributed by atoms with E-state index in [2.05, 4.69) is 0 Å².